The number of benzene rings is 4. The van der Waals surface area contributed by atoms with E-state index < -0.39 is 0 Å². The molecule has 0 aliphatic heterocycles. The lowest BCUT2D eigenvalue weighted by Crippen LogP contribution is -2.08. The monoisotopic (exact) mass is 523 g/mol. The predicted octanol–water partition coefficient (Wildman–Crippen LogP) is 9.37. The van der Waals surface area contributed by atoms with Gasteiger partial charge >= 0.3 is 0 Å². The number of imidazole rings is 1. The van der Waals surface area contributed by atoms with Crippen LogP contribution in [0.4, 0.5) is 0 Å². The van der Waals surface area contributed by atoms with Gasteiger partial charge in [0.2, 0.25) is 0 Å². The molecule has 0 saturated carbocycles. The number of pyridine rings is 1. The molecule has 6 aromatic rings. The average molecular weight is 524 g/mol. The molecular weight excluding hydrogens is 490 g/mol. The number of nitrogens with zero attached hydrogens (tertiary/aromatic N) is 3. The number of hydrogen-bond donors (Lipinski definition) is 1. The van der Waals surface area contributed by atoms with Crippen LogP contribution in [0.3, 0.4) is 0 Å². The van der Waals surface area contributed by atoms with Gasteiger partial charge in [-0.2, -0.15) is 0 Å². The van der Waals surface area contributed by atoms with Crippen molar-refractivity contribution in [2.45, 2.75) is 39.5 Å². The molecule has 0 amide bonds. The maximum atomic E-state index is 11.8. The normalized spacial score (nSPS) is 11.6. The largest absolute Gasteiger partial charge is 0.506 e. The molecule has 0 aliphatic rings. The summed E-state index contributed by atoms with van der Waals surface area (Å²) in [5, 5.41) is 11.8. The third kappa shape index (κ3) is 4.46. The van der Waals surface area contributed by atoms with Crippen molar-refractivity contribution in [1.82, 2.24) is 14.5 Å². The van der Waals surface area contributed by atoms with E-state index in [9.17, 15) is 5.11 Å². The first kappa shape index (κ1) is 25.6. The number of phenolic OH excluding ortho intramolecular Hbond substituents is 1. The van der Waals surface area contributed by atoms with Crippen molar-refractivity contribution < 1.29 is 5.11 Å². The summed E-state index contributed by atoms with van der Waals surface area (Å²) in [5.74, 6) is 1.51. The lowest BCUT2D eigenvalue weighted by Gasteiger charge is -2.23. The Bertz CT molecular complexity index is 1790. The van der Waals surface area contributed by atoms with Crippen LogP contribution in [-0.4, -0.2) is 19.6 Å². The molecule has 40 heavy (non-hydrogen) atoms. The van der Waals surface area contributed by atoms with Gasteiger partial charge in [-0.05, 0) is 59.4 Å². The van der Waals surface area contributed by atoms with Crippen molar-refractivity contribution in [2.24, 2.45) is 0 Å². The molecule has 0 atom stereocenters. The third-order valence-electron chi connectivity index (χ3n) is 7.50. The first-order valence-electron chi connectivity index (χ1n) is 13.9. The Morgan fingerprint density at radius 3 is 1.90 bits per heavy atom. The summed E-state index contributed by atoms with van der Waals surface area (Å²) < 4.78 is 2.24. The number of hydrogen-bond acceptors (Lipinski definition) is 3. The molecule has 0 radical (unpaired) electrons. The SMILES string of the molecule is CC(C)c1cccc(C(C)C)c1-n1c(-c2cccc(-c3cccc(-c4ccccc4)n3)c2O)nc2ccccc21. The van der Waals surface area contributed by atoms with E-state index in [4.69, 9.17) is 9.97 Å². The van der Waals surface area contributed by atoms with Gasteiger partial charge in [-0.3, -0.25) is 4.57 Å². The maximum absolute atomic E-state index is 11.8. The molecule has 2 aromatic heterocycles. The lowest BCUT2D eigenvalue weighted by molar-refractivity contribution is 0.478. The summed E-state index contributed by atoms with van der Waals surface area (Å²) in [6.07, 6.45) is 0. The number of aromatic nitrogens is 3. The van der Waals surface area contributed by atoms with E-state index in [2.05, 4.69) is 56.5 Å². The topological polar surface area (TPSA) is 50.9 Å². The zero-order valence-corrected chi connectivity index (χ0v) is 23.3. The van der Waals surface area contributed by atoms with E-state index in [0.29, 0.717) is 28.7 Å². The molecule has 4 nitrogen and oxygen atoms in total. The Labute approximate surface area is 235 Å². The van der Waals surface area contributed by atoms with Gasteiger partial charge in [0.1, 0.15) is 11.6 Å². The molecular formula is C36H33N3O. The van der Waals surface area contributed by atoms with E-state index in [1.807, 2.05) is 84.9 Å². The van der Waals surface area contributed by atoms with Crippen molar-refractivity contribution in [1.29, 1.82) is 0 Å². The minimum atomic E-state index is 0.171. The van der Waals surface area contributed by atoms with Crippen LogP contribution in [0.5, 0.6) is 5.75 Å². The maximum Gasteiger partial charge on any atom is 0.149 e. The fourth-order valence-electron chi connectivity index (χ4n) is 5.49. The minimum absolute atomic E-state index is 0.171. The van der Waals surface area contributed by atoms with Crippen LogP contribution in [-0.2, 0) is 0 Å². The van der Waals surface area contributed by atoms with Crippen molar-refractivity contribution in [2.75, 3.05) is 0 Å². The molecule has 0 aliphatic carbocycles. The highest BCUT2D eigenvalue weighted by Crippen LogP contribution is 2.42. The molecule has 0 bridgehead atoms. The summed E-state index contributed by atoms with van der Waals surface area (Å²) in [4.78, 5) is 10.0. The van der Waals surface area contributed by atoms with E-state index in [1.54, 1.807) is 0 Å². The lowest BCUT2D eigenvalue weighted by atomic mass is 9.92. The molecule has 0 spiro atoms. The van der Waals surface area contributed by atoms with Gasteiger partial charge in [0.05, 0.1) is 33.7 Å². The number of para-hydroxylation sites is 4. The molecule has 0 unspecified atom stereocenters. The highest BCUT2D eigenvalue weighted by Gasteiger charge is 2.24. The Balaban J connectivity index is 1.60. The van der Waals surface area contributed by atoms with Crippen molar-refractivity contribution in [3.05, 3.63) is 120 Å². The van der Waals surface area contributed by atoms with Gasteiger partial charge in [-0.15, -0.1) is 0 Å². The van der Waals surface area contributed by atoms with Crippen molar-refractivity contribution in [3.8, 4) is 45.3 Å². The van der Waals surface area contributed by atoms with E-state index in [-0.39, 0.29) is 5.75 Å². The Hall–Kier alpha value is -4.70. The first-order chi connectivity index (χ1) is 19.4. The molecule has 2 heterocycles. The molecule has 0 saturated heterocycles. The van der Waals surface area contributed by atoms with Gasteiger partial charge in [-0.1, -0.05) is 100 Å². The minimum Gasteiger partial charge on any atom is -0.506 e. The van der Waals surface area contributed by atoms with Gasteiger partial charge in [0.25, 0.3) is 0 Å². The first-order valence-corrected chi connectivity index (χ1v) is 13.9. The smallest absolute Gasteiger partial charge is 0.149 e. The van der Waals surface area contributed by atoms with Gasteiger partial charge in [0.15, 0.2) is 0 Å². The fraction of sp³-hybridized carbons (Fsp3) is 0.167. The highest BCUT2D eigenvalue weighted by atomic mass is 16.3. The van der Waals surface area contributed by atoms with Crippen LogP contribution in [0.2, 0.25) is 0 Å². The van der Waals surface area contributed by atoms with E-state index in [1.165, 1.54) is 11.1 Å². The molecule has 0 fully saturated rings. The number of fused-ring (bicyclic) bond motifs is 1. The van der Waals surface area contributed by atoms with Gasteiger partial charge in [-0.25, -0.2) is 9.97 Å². The summed E-state index contributed by atoms with van der Waals surface area (Å²) in [7, 11) is 0. The van der Waals surface area contributed by atoms with Crippen LogP contribution >= 0.6 is 0 Å². The highest BCUT2D eigenvalue weighted by molar-refractivity contribution is 5.87. The standard InChI is InChI=1S/C36H33N3O/c1-23(2)26-15-10-16-27(24(3)4)34(26)39-33-22-9-8-19-32(33)38-36(39)29-18-11-17-28(35(29)40)31-21-12-20-30(37-31)25-13-6-5-7-14-25/h5-24,40H,1-4H3. The predicted molar refractivity (Wildman–Crippen MR) is 165 cm³/mol. The number of phenols is 1. The summed E-state index contributed by atoms with van der Waals surface area (Å²) in [6.45, 7) is 8.91. The molecule has 4 heteroatoms. The second-order valence-electron chi connectivity index (χ2n) is 10.8. The van der Waals surface area contributed by atoms with Crippen LogP contribution in [0.1, 0.15) is 50.7 Å². The molecule has 1 N–H and O–H groups in total. The zero-order chi connectivity index (χ0) is 27.8. The Morgan fingerprint density at radius 2 is 1.18 bits per heavy atom. The second kappa shape index (κ2) is 10.5. The van der Waals surface area contributed by atoms with E-state index in [0.717, 1.165) is 33.8 Å². The van der Waals surface area contributed by atoms with Crippen LogP contribution < -0.4 is 0 Å². The summed E-state index contributed by atoms with van der Waals surface area (Å²) in [5.41, 5.74) is 9.52. The van der Waals surface area contributed by atoms with Crippen LogP contribution in [0.25, 0.3) is 50.6 Å². The summed E-state index contributed by atoms with van der Waals surface area (Å²) in [6, 6.07) is 36.6. The average Bonchev–Trinajstić information content (AvgIpc) is 3.36. The number of aromatic hydroxyl groups is 1. The zero-order valence-electron chi connectivity index (χ0n) is 23.3. The Morgan fingerprint density at radius 1 is 0.575 bits per heavy atom. The van der Waals surface area contributed by atoms with Crippen LogP contribution in [0.15, 0.2) is 109 Å². The van der Waals surface area contributed by atoms with E-state index >= 15 is 0 Å². The van der Waals surface area contributed by atoms with Crippen LogP contribution in [0, 0.1) is 0 Å². The van der Waals surface area contributed by atoms with Crippen molar-refractivity contribution >= 4 is 11.0 Å². The number of rotatable bonds is 6. The Kier molecular flexibility index (Phi) is 6.69. The molecule has 198 valence electrons. The van der Waals surface area contributed by atoms with Gasteiger partial charge in [0, 0.05) is 11.1 Å². The summed E-state index contributed by atoms with van der Waals surface area (Å²) >= 11 is 0. The van der Waals surface area contributed by atoms with Crippen molar-refractivity contribution in [3.63, 3.8) is 0 Å². The quantitative estimate of drug-likeness (QED) is 0.237. The second-order valence-corrected chi connectivity index (χ2v) is 10.8. The molecule has 4 aromatic carbocycles. The molecule has 6 rings (SSSR count). The third-order valence-corrected chi connectivity index (χ3v) is 7.50. The fourth-order valence-corrected chi connectivity index (χ4v) is 5.49. The van der Waals surface area contributed by atoms with Gasteiger partial charge < -0.3 is 5.11 Å².